The number of hydrogen-bond donors (Lipinski definition) is 1. The van der Waals surface area contributed by atoms with Gasteiger partial charge in [-0.25, -0.2) is 0 Å². The summed E-state index contributed by atoms with van der Waals surface area (Å²) in [6.07, 6.45) is 0.755. The van der Waals surface area contributed by atoms with E-state index in [-0.39, 0.29) is 35.8 Å². The van der Waals surface area contributed by atoms with Gasteiger partial charge in [-0.15, -0.1) is 0 Å². The second-order valence-electron chi connectivity index (χ2n) is 5.60. The van der Waals surface area contributed by atoms with Crippen LogP contribution in [0.2, 0.25) is 0 Å². The average molecular weight is 227 g/mol. The van der Waals surface area contributed by atoms with Gasteiger partial charge >= 0.3 is 0 Å². The highest BCUT2D eigenvalue weighted by Gasteiger charge is 2.43. The molecule has 4 nitrogen and oxygen atoms in total. The van der Waals surface area contributed by atoms with E-state index in [2.05, 4.69) is 0 Å². The van der Waals surface area contributed by atoms with Gasteiger partial charge in [-0.05, 0) is 11.8 Å². The van der Waals surface area contributed by atoms with E-state index in [1.807, 2.05) is 20.8 Å². The first-order chi connectivity index (χ1) is 7.29. The molecule has 0 bridgehead atoms. The van der Waals surface area contributed by atoms with Crippen molar-refractivity contribution in [2.24, 2.45) is 11.3 Å². The number of amides is 2. The van der Waals surface area contributed by atoms with Crippen molar-refractivity contribution in [3.63, 3.8) is 0 Å². The van der Waals surface area contributed by atoms with Crippen molar-refractivity contribution in [3.8, 4) is 0 Å². The number of rotatable bonds is 3. The van der Waals surface area contributed by atoms with Gasteiger partial charge in [-0.2, -0.15) is 0 Å². The van der Waals surface area contributed by atoms with Crippen LogP contribution in [0.25, 0.3) is 0 Å². The molecule has 0 aromatic heterocycles. The third-order valence-corrected chi connectivity index (χ3v) is 3.12. The van der Waals surface area contributed by atoms with Crippen LogP contribution in [-0.2, 0) is 9.59 Å². The van der Waals surface area contributed by atoms with Crippen molar-refractivity contribution in [1.82, 2.24) is 4.90 Å². The van der Waals surface area contributed by atoms with E-state index >= 15 is 0 Å². The monoisotopic (exact) mass is 227 g/mol. The molecule has 1 N–H and O–H groups in total. The Morgan fingerprint density at radius 2 is 2.00 bits per heavy atom. The van der Waals surface area contributed by atoms with Crippen LogP contribution in [-0.4, -0.2) is 34.5 Å². The molecule has 1 fully saturated rings. The zero-order valence-electron chi connectivity index (χ0n) is 10.5. The SMILES string of the molecule is CC1CC(=O)N(C(CCO)C(C)(C)C)C1=O. The molecule has 92 valence electrons. The van der Waals surface area contributed by atoms with E-state index in [1.165, 1.54) is 4.90 Å². The normalized spacial score (nSPS) is 24.1. The van der Waals surface area contributed by atoms with Gasteiger partial charge in [-0.1, -0.05) is 27.7 Å². The summed E-state index contributed by atoms with van der Waals surface area (Å²) in [4.78, 5) is 25.0. The molecule has 0 radical (unpaired) electrons. The number of aliphatic hydroxyl groups excluding tert-OH is 1. The largest absolute Gasteiger partial charge is 0.396 e. The van der Waals surface area contributed by atoms with E-state index in [9.17, 15) is 9.59 Å². The third-order valence-electron chi connectivity index (χ3n) is 3.12. The molecule has 1 rings (SSSR count). The number of aliphatic hydroxyl groups is 1. The highest BCUT2D eigenvalue weighted by atomic mass is 16.3. The first kappa shape index (κ1) is 13.2. The van der Waals surface area contributed by atoms with Crippen LogP contribution in [0.3, 0.4) is 0 Å². The minimum absolute atomic E-state index is 0.00657. The fraction of sp³-hybridized carbons (Fsp3) is 0.833. The van der Waals surface area contributed by atoms with Gasteiger partial charge in [0.15, 0.2) is 0 Å². The zero-order chi connectivity index (χ0) is 12.5. The lowest BCUT2D eigenvalue weighted by molar-refractivity contribution is -0.145. The predicted octanol–water partition coefficient (Wildman–Crippen LogP) is 1.18. The van der Waals surface area contributed by atoms with E-state index in [0.717, 1.165) is 0 Å². The Labute approximate surface area is 96.6 Å². The molecular formula is C12H21NO3. The minimum Gasteiger partial charge on any atom is -0.396 e. The summed E-state index contributed by atoms with van der Waals surface area (Å²) in [5.41, 5.74) is -0.196. The van der Waals surface area contributed by atoms with Gasteiger partial charge in [0.25, 0.3) is 0 Å². The van der Waals surface area contributed by atoms with Gasteiger partial charge in [0.2, 0.25) is 11.8 Å². The summed E-state index contributed by atoms with van der Waals surface area (Å²) in [6.45, 7) is 7.72. The summed E-state index contributed by atoms with van der Waals surface area (Å²) in [6, 6.07) is -0.206. The van der Waals surface area contributed by atoms with Gasteiger partial charge < -0.3 is 5.11 Å². The highest BCUT2D eigenvalue weighted by molar-refractivity contribution is 6.03. The Morgan fingerprint density at radius 3 is 2.31 bits per heavy atom. The van der Waals surface area contributed by atoms with Crippen LogP contribution in [0.4, 0.5) is 0 Å². The van der Waals surface area contributed by atoms with Crippen molar-refractivity contribution in [2.75, 3.05) is 6.61 Å². The van der Waals surface area contributed by atoms with Crippen molar-refractivity contribution in [2.45, 2.75) is 46.6 Å². The maximum Gasteiger partial charge on any atom is 0.232 e. The first-order valence-electron chi connectivity index (χ1n) is 5.75. The van der Waals surface area contributed by atoms with Crippen LogP contribution in [0.1, 0.15) is 40.5 Å². The van der Waals surface area contributed by atoms with E-state index in [0.29, 0.717) is 12.8 Å². The molecule has 0 aromatic carbocycles. The Morgan fingerprint density at radius 1 is 1.44 bits per heavy atom. The fourth-order valence-electron chi connectivity index (χ4n) is 2.21. The topological polar surface area (TPSA) is 57.6 Å². The van der Waals surface area contributed by atoms with Crippen molar-refractivity contribution in [1.29, 1.82) is 0 Å². The third kappa shape index (κ3) is 2.43. The molecule has 4 heteroatoms. The summed E-state index contributed by atoms with van der Waals surface area (Å²) in [5.74, 6) is -0.416. The van der Waals surface area contributed by atoms with Crippen molar-refractivity contribution < 1.29 is 14.7 Å². The van der Waals surface area contributed by atoms with E-state index < -0.39 is 0 Å². The van der Waals surface area contributed by atoms with Gasteiger partial charge in [-0.3, -0.25) is 14.5 Å². The van der Waals surface area contributed by atoms with Crippen LogP contribution < -0.4 is 0 Å². The van der Waals surface area contributed by atoms with Gasteiger partial charge in [0, 0.05) is 25.0 Å². The Bertz CT molecular complexity index is 293. The molecule has 2 atom stereocenters. The number of nitrogens with zero attached hydrogens (tertiary/aromatic N) is 1. The second kappa shape index (κ2) is 4.53. The average Bonchev–Trinajstić information content (AvgIpc) is 2.37. The molecule has 0 aliphatic carbocycles. The second-order valence-corrected chi connectivity index (χ2v) is 5.60. The number of hydrogen-bond acceptors (Lipinski definition) is 3. The van der Waals surface area contributed by atoms with Crippen LogP contribution >= 0.6 is 0 Å². The summed E-state index contributed by atoms with van der Waals surface area (Å²) < 4.78 is 0. The Balaban J connectivity index is 2.95. The molecule has 1 aliphatic heterocycles. The molecule has 0 saturated carbocycles. The Kier molecular flexibility index (Phi) is 3.73. The number of carbonyl (C=O) groups is 2. The minimum atomic E-state index is -0.212. The quantitative estimate of drug-likeness (QED) is 0.736. The smallest absolute Gasteiger partial charge is 0.232 e. The van der Waals surface area contributed by atoms with E-state index in [1.54, 1.807) is 6.92 Å². The number of imide groups is 1. The number of carbonyl (C=O) groups excluding carboxylic acids is 2. The van der Waals surface area contributed by atoms with E-state index in [4.69, 9.17) is 5.11 Å². The summed E-state index contributed by atoms with van der Waals surface area (Å²) >= 11 is 0. The molecule has 1 aliphatic rings. The van der Waals surface area contributed by atoms with Crippen molar-refractivity contribution >= 4 is 11.8 Å². The fourth-order valence-corrected chi connectivity index (χ4v) is 2.21. The lowest BCUT2D eigenvalue weighted by Gasteiger charge is -2.36. The maximum atomic E-state index is 11.9. The molecular weight excluding hydrogens is 206 g/mol. The molecule has 1 heterocycles. The molecule has 0 spiro atoms. The Hall–Kier alpha value is -0.900. The molecule has 2 amide bonds. The number of likely N-dealkylation sites (tertiary alicyclic amines) is 1. The first-order valence-corrected chi connectivity index (χ1v) is 5.75. The van der Waals surface area contributed by atoms with Crippen LogP contribution in [0, 0.1) is 11.3 Å². The highest BCUT2D eigenvalue weighted by Crippen LogP contribution is 2.32. The van der Waals surface area contributed by atoms with Gasteiger partial charge in [0.05, 0.1) is 0 Å². The van der Waals surface area contributed by atoms with Gasteiger partial charge in [0.1, 0.15) is 0 Å². The van der Waals surface area contributed by atoms with Crippen molar-refractivity contribution in [3.05, 3.63) is 0 Å². The van der Waals surface area contributed by atoms with Crippen LogP contribution in [0.5, 0.6) is 0 Å². The predicted molar refractivity (Wildman–Crippen MR) is 60.6 cm³/mol. The van der Waals surface area contributed by atoms with Crippen LogP contribution in [0.15, 0.2) is 0 Å². The molecule has 1 saturated heterocycles. The lowest BCUT2D eigenvalue weighted by Crippen LogP contribution is -2.47. The molecule has 0 aromatic rings. The summed E-state index contributed by atoms with van der Waals surface area (Å²) in [7, 11) is 0. The maximum absolute atomic E-state index is 11.9. The zero-order valence-corrected chi connectivity index (χ0v) is 10.5. The molecule has 2 unspecified atom stereocenters. The summed E-state index contributed by atoms with van der Waals surface area (Å²) in [5, 5.41) is 9.05. The molecule has 16 heavy (non-hydrogen) atoms. The standard InChI is InChI=1S/C12H21NO3/c1-8-7-10(15)13(11(8)16)9(5-6-14)12(2,3)4/h8-9,14H,5-7H2,1-4H3. The lowest BCUT2D eigenvalue weighted by atomic mass is 9.84.